The number of aryl methyl sites for hydroxylation is 2. The van der Waals surface area contributed by atoms with Gasteiger partial charge in [0.2, 0.25) is 0 Å². The Morgan fingerprint density at radius 1 is 1.24 bits per heavy atom. The molecule has 0 spiro atoms. The first-order chi connectivity index (χ1) is 16.2. The average molecular weight is 491 g/mol. The number of methoxy groups -OCH3 is 1. The van der Waals surface area contributed by atoms with Gasteiger partial charge in [0.05, 0.1) is 32.5 Å². The van der Waals surface area contributed by atoms with Crippen molar-refractivity contribution in [2.24, 2.45) is 7.05 Å². The molecule has 10 nitrogen and oxygen atoms in total. The quantitative estimate of drug-likeness (QED) is 0.456. The predicted octanol–water partition coefficient (Wildman–Crippen LogP) is 3.39. The fourth-order valence-electron chi connectivity index (χ4n) is 4.30. The Labute approximate surface area is 199 Å². The molecular formula is C23H30N4O6S. The van der Waals surface area contributed by atoms with Gasteiger partial charge in [-0.3, -0.25) is 13.9 Å². The van der Waals surface area contributed by atoms with Crippen molar-refractivity contribution in [1.82, 2.24) is 19.3 Å². The van der Waals surface area contributed by atoms with E-state index < -0.39 is 22.7 Å². The summed E-state index contributed by atoms with van der Waals surface area (Å²) in [6.45, 7) is 3.43. The van der Waals surface area contributed by atoms with Crippen LogP contribution in [0.2, 0.25) is 0 Å². The number of carboxylic acid groups (broad SMARTS) is 1. The summed E-state index contributed by atoms with van der Waals surface area (Å²) in [4.78, 5) is 11.8. The van der Waals surface area contributed by atoms with Crippen molar-refractivity contribution in [2.75, 3.05) is 32.6 Å². The number of aromatic nitrogens is 3. The van der Waals surface area contributed by atoms with Gasteiger partial charge in [-0.05, 0) is 41.3 Å². The van der Waals surface area contributed by atoms with Gasteiger partial charge in [-0.1, -0.05) is 23.4 Å². The Morgan fingerprint density at radius 2 is 2.03 bits per heavy atom. The number of rotatable bonds is 7. The van der Waals surface area contributed by atoms with E-state index in [2.05, 4.69) is 10.3 Å². The molecule has 1 aromatic heterocycles. The minimum atomic E-state index is -2.93. The lowest BCUT2D eigenvalue weighted by molar-refractivity contribution is -0.137. The molecule has 3 N–H and O–H groups in total. The van der Waals surface area contributed by atoms with Crippen LogP contribution in [0.25, 0.3) is 11.0 Å². The monoisotopic (exact) mass is 490 g/mol. The van der Waals surface area contributed by atoms with Gasteiger partial charge in [-0.2, -0.15) is 4.31 Å². The Morgan fingerprint density at radius 3 is 2.76 bits per heavy atom. The molecule has 0 saturated carbocycles. The second kappa shape index (κ2) is 9.88. The Balaban J connectivity index is 1.74. The average Bonchev–Trinajstić information content (AvgIpc) is 3.08. The van der Waals surface area contributed by atoms with Crippen LogP contribution in [-0.2, 0) is 23.1 Å². The van der Waals surface area contributed by atoms with Crippen molar-refractivity contribution in [3.63, 3.8) is 0 Å². The lowest BCUT2D eigenvalue weighted by Gasteiger charge is -2.41. The Kier molecular flexibility index (Phi) is 7.10. The first-order valence-corrected chi connectivity index (χ1v) is 12.6. The van der Waals surface area contributed by atoms with Crippen molar-refractivity contribution in [3.8, 4) is 5.75 Å². The lowest BCUT2D eigenvalue weighted by Crippen LogP contribution is -2.30. The highest BCUT2D eigenvalue weighted by molar-refractivity contribution is 8.22. The molecule has 1 aliphatic rings. The summed E-state index contributed by atoms with van der Waals surface area (Å²) < 4.78 is 35.4. The zero-order valence-corrected chi connectivity index (χ0v) is 20.3. The van der Waals surface area contributed by atoms with Crippen molar-refractivity contribution >= 4 is 27.8 Å². The number of nitrogens with zero attached hydrogens (tertiary/aromatic N) is 4. The van der Waals surface area contributed by atoms with Crippen LogP contribution < -0.4 is 4.74 Å². The molecule has 2 heterocycles. The molecule has 1 atom stereocenters. The van der Waals surface area contributed by atoms with Gasteiger partial charge in [0.25, 0.3) is 0 Å². The molecule has 3 aromatic rings. The number of carboxylic acids is 1. The van der Waals surface area contributed by atoms with Crippen LogP contribution in [0, 0.1) is 6.92 Å². The first-order valence-electron chi connectivity index (χ1n) is 11.0. The fraction of sp³-hybridized carbons (Fsp3) is 0.435. The van der Waals surface area contributed by atoms with Crippen molar-refractivity contribution in [1.29, 1.82) is 0 Å². The van der Waals surface area contributed by atoms with E-state index in [4.69, 9.17) is 9.47 Å². The van der Waals surface area contributed by atoms with Crippen LogP contribution in [0.4, 0.5) is 0 Å². The highest BCUT2D eigenvalue weighted by Crippen LogP contribution is 2.45. The van der Waals surface area contributed by atoms with E-state index in [1.807, 2.05) is 37.3 Å². The lowest BCUT2D eigenvalue weighted by atomic mass is 9.86. The van der Waals surface area contributed by atoms with Crippen molar-refractivity contribution in [2.45, 2.75) is 25.8 Å². The second-order valence-electron chi connectivity index (χ2n) is 8.45. The summed E-state index contributed by atoms with van der Waals surface area (Å²) in [7, 11) is 0.405. The maximum absolute atomic E-state index is 11.8. The third-order valence-corrected chi connectivity index (χ3v) is 8.06. The zero-order chi connectivity index (χ0) is 24.5. The number of carbonyl (C=O) groups is 1. The molecule has 0 radical (unpaired) electrons. The minimum Gasteiger partial charge on any atom is -0.494 e. The van der Waals surface area contributed by atoms with Crippen LogP contribution in [0.1, 0.15) is 34.6 Å². The standard InChI is InChI=1S/C23H30N4O6S/c1-15-4-5-16(10-18(15)14-27-6-7-33-8-9-34(27,30)31)19(13-22(28)29)17-11-20-23(21(12-17)32-3)26(2)25-24-20/h4-5,10-12,19,30-31H,6-9,13-14H2,1-3H3,(H,28,29). The molecule has 11 heteroatoms. The molecule has 34 heavy (non-hydrogen) atoms. The largest absolute Gasteiger partial charge is 0.494 e. The van der Waals surface area contributed by atoms with E-state index in [0.717, 1.165) is 27.8 Å². The number of aliphatic carboxylic acids is 1. The van der Waals surface area contributed by atoms with Crippen LogP contribution in [0.5, 0.6) is 5.75 Å². The second-order valence-corrected chi connectivity index (χ2v) is 10.6. The Hall–Kier alpha value is -2.70. The fourth-order valence-corrected chi connectivity index (χ4v) is 5.61. The van der Waals surface area contributed by atoms with Crippen LogP contribution >= 0.6 is 10.8 Å². The minimum absolute atomic E-state index is 0.121. The van der Waals surface area contributed by atoms with Gasteiger partial charge in [-0.25, -0.2) is 4.68 Å². The van der Waals surface area contributed by atoms with Crippen molar-refractivity contribution in [3.05, 3.63) is 52.6 Å². The summed E-state index contributed by atoms with van der Waals surface area (Å²) in [6, 6.07) is 9.50. The molecule has 1 unspecified atom stereocenters. The van der Waals surface area contributed by atoms with Gasteiger partial charge in [0.15, 0.2) is 0 Å². The third-order valence-electron chi connectivity index (χ3n) is 6.21. The number of benzene rings is 2. The van der Waals surface area contributed by atoms with Crippen LogP contribution in [0.15, 0.2) is 30.3 Å². The summed E-state index contributed by atoms with van der Waals surface area (Å²) in [5.41, 5.74) is 4.82. The maximum Gasteiger partial charge on any atom is 0.304 e. The van der Waals surface area contributed by atoms with Gasteiger partial charge in [0, 0.05) is 26.1 Å². The summed E-state index contributed by atoms with van der Waals surface area (Å²) in [5.74, 6) is -0.638. The predicted molar refractivity (Wildman–Crippen MR) is 129 cm³/mol. The van der Waals surface area contributed by atoms with Gasteiger partial charge in [-0.15, -0.1) is 15.9 Å². The molecular weight excluding hydrogens is 460 g/mol. The third kappa shape index (κ3) is 5.03. The molecule has 0 aliphatic carbocycles. The molecule has 4 rings (SSSR count). The van der Waals surface area contributed by atoms with Crippen LogP contribution in [0.3, 0.4) is 0 Å². The molecule has 184 valence electrons. The number of hydrogen-bond acceptors (Lipinski definition) is 8. The SMILES string of the molecule is COc1cc(C(CC(=O)O)c2ccc(C)c(CN3CCOCCS3(O)O)c2)cc2nnn(C)c12. The van der Waals surface area contributed by atoms with Crippen LogP contribution in [-0.4, -0.2) is 72.1 Å². The summed E-state index contributed by atoms with van der Waals surface area (Å²) >= 11 is 0. The first kappa shape index (κ1) is 24.4. The molecule has 2 aromatic carbocycles. The van der Waals surface area contributed by atoms with E-state index in [1.165, 1.54) is 0 Å². The topological polar surface area (TPSA) is 130 Å². The zero-order valence-electron chi connectivity index (χ0n) is 19.5. The Bertz CT molecular complexity index is 1200. The molecule has 0 bridgehead atoms. The molecule has 1 fully saturated rings. The highest BCUT2D eigenvalue weighted by Gasteiger charge is 2.27. The number of hydrogen-bond donors (Lipinski definition) is 3. The highest BCUT2D eigenvalue weighted by atomic mass is 32.3. The van der Waals surface area contributed by atoms with E-state index in [-0.39, 0.29) is 12.2 Å². The van der Waals surface area contributed by atoms with E-state index in [0.29, 0.717) is 37.6 Å². The number of fused-ring (bicyclic) bond motifs is 1. The van der Waals surface area contributed by atoms with E-state index in [9.17, 15) is 19.0 Å². The summed E-state index contributed by atoms with van der Waals surface area (Å²) in [6.07, 6.45) is -0.121. The molecule has 1 saturated heterocycles. The summed E-state index contributed by atoms with van der Waals surface area (Å²) in [5, 5.41) is 17.9. The molecule has 1 aliphatic heterocycles. The maximum atomic E-state index is 11.8. The van der Waals surface area contributed by atoms with Gasteiger partial charge in [0.1, 0.15) is 16.8 Å². The number of ether oxygens (including phenoxy) is 2. The van der Waals surface area contributed by atoms with E-state index in [1.54, 1.807) is 23.1 Å². The smallest absolute Gasteiger partial charge is 0.304 e. The van der Waals surface area contributed by atoms with E-state index >= 15 is 0 Å². The normalized spacial score (nSPS) is 18.4. The van der Waals surface area contributed by atoms with Gasteiger partial charge < -0.3 is 14.6 Å². The molecule has 0 amide bonds. The van der Waals surface area contributed by atoms with Gasteiger partial charge >= 0.3 is 5.97 Å². The van der Waals surface area contributed by atoms with Crippen molar-refractivity contribution < 1.29 is 28.5 Å².